The van der Waals surface area contributed by atoms with Gasteiger partial charge in [-0.1, -0.05) is 44.5 Å². The van der Waals surface area contributed by atoms with Gasteiger partial charge in [-0.2, -0.15) is 0 Å². The first kappa shape index (κ1) is 11.7. The summed E-state index contributed by atoms with van der Waals surface area (Å²) < 4.78 is 0. The van der Waals surface area contributed by atoms with Crippen molar-refractivity contribution in [1.82, 2.24) is 5.32 Å². The third-order valence-electron chi connectivity index (χ3n) is 3.58. The first-order valence-electron chi connectivity index (χ1n) is 6.59. The zero-order valence-electron chi connectivity index (χ0n) is 10.5. The van der Waals surface area contributed by atoms with Gasteiger partial charge in [0.15, 0.2) is 0 Å². The fourth-order valence-corrected chi connectivity index (χ4v) is 2.09. The van der Waals surface area contributed by atoms with E-state index >= 15 is 0 Å². The van der Waals surface area contributed by atoms with Gasteiger partial charge in [-0.05, 0) is 42.3 Å². The van der Waals surface area contributed by atoms with Crippen molar-refractivity contribution in [2.75, 3.05) is 6.54 Å². The Morgan fingerprint density at radius 1 is 1.31 bits per heavy atom. The average Bonchev–Trinajstić information content (AvgIpc) is 3.13. The van der Waals surface area contributed by atoms with Gasteiger partial charge in [-0.15, -0.1) is 0 Å². The molecule has 0 heterocycles. The first-order valence-corrected chi connectivity index (χ1v) is 6.59. The average molecular weight is 217 g/mol. The molecule has 0 aromatic heterocycles. The van der Waals surface area contributed by atoms with E-state index in [0.29, 0.717) is 0 Å². The van der Waals surface area contributed by atoms with Crippen LogP contribution in [-0.2, 0) is 6.54 Å². The molecule has 1 atom stereocenters. The van der Waals surface area contributed by atoms with E-state index in [0.717, 1.165) is 24.9 Å². The van der Waals surface area contributed by atoms with Crippen molar-refractivity contribution in [1.29, 1.82) is 0 Å². The molecule has 0 spiro atoms. The number of benzene rings is 1. The Morgan fingerprint density at radius 2 is 2.06 bits per heavy atom. The summed E-state index contributed by atoms with van der Waals surface area (Å²) in [5.74, 6) is 1.65. The topological polar surface area (TPSA) is 12.0 Å². The molecule has 0 bridgehead atoms. The minimum absolute atomic E-state index is 0.785. The van der Waals surface area contributed by atoms with Crippen molar-refractivity contribution < 1.29 is 0 Å². The molecule has 0 aliphatic heterocycles. The van der Waals surface area contributed by atoms with Gasteiger partial charge < -0.3 is 5.32 Å². The van der Waals surface area contributed by atoms with E-state index in [2.05, 4.69) is 43.4 Å². The molecule has 2 rings (SSSR count). The highest BCUT2D eigenvalue weighted by atomic mass is 14.9. The van der Waals surface area contributed by atoms with Crippen molar-refractivity contribution >= 4 is 0 Å². The minimum Gasteiger partial charge on any atom is -0.312 e. The number of rotatable bonds is 6. The Bertz CT molecular complexity index is 328. The lowest BCUT2D eigenvalue weighted by atomic mass is 10.0. The summed E-state index contributed by atoms with van der Waals surface area (Å²) in [6.07, 6.45) is 4.04. The standard InChI is InChI=1S/C15H23N/c1-3-12(2)10-16-11-14-6-4-5-7-15(14)13-8-9-13/h4-7,12-13,16H,3,8-11H2,1-2H3. The van der Waals surface area contributed by atoms with E-state index in [1.54, 1.807) is 5.56 Å². The molecule has 0 amide bonds. The molecule has 1 aromatic carbocycles. The zero-order chi connectivity index (χ0) is 11.4. The van der Waals surface area contributed by atoms with E-state index in [-0.39, 0.29) is 0 Å². The Morgan fingerprint density at radius 3 is 2.75 bits per heavy atom. The van der Waals surface area contributed by atoms with Crippen LogP contribution in [0, 0.1) is 5.92 Å². The van der Waals surface area contributed by atoms with Crippen LogP contribution in [0.15, 0.2) is 24.3 Å². The summed E-state index contributed by atoms with van der Waals surface area (Å²) in [6.45, 7) is 6.73. The maximum absolute atomic E-state index is 3.58. The second-order valence-corrected chi connectivity index (χ2v) is 5.12. The van der Waals surface area contributed by atoms with Gasteiger partial charge in [-0.3, -0.25) is 0 Å². The van der Waals surface area contributed by atoms with Gasteiger partial charge in [0.1, 0.15) is 0 Å². The molecule has 1 aromatic rings. The van der Waals surface area contributed by atoms with Crippen molar-refractivity contribution in [3.05, 3.63) is 35.4 Å². The van der Waals surface area contributed by atoms with Crippen LogP contribution in [0.5, 0.6) is 0 Å². The van der Waals surface area contributed by atoms with Crippen molar-refractivity contribution in [2.45, 2.75) is 45.6 Å². The molecule has 1 N–H and O–H groups in total. The lowest BCUT2D eigenvalue weighted by molar-refractivity contribution is 0.499. The van der Waals surface area contributed by atoms with Crippen LogP contribution in [0.2, 0.25) is 0 Å². The molecule has 1 fully saturated rings. The molecule has 1 aliphatic rings. The summed E-state index contributed by atoms with van der Waals surface area (Å²) in [5, 5.41) is 3.58. The molecule has 1 unspecified atom stereocenters. The third-order valence-corrected chi connectivity index (χ3v) is 3.58. The molecule has 0 radical (unpaired) electrons. The summed E-state index contributed by atoms with van der Waals surface area (Å²) in [6, 6.07) is 8.91. The van der Waals surface area contributed by atoms with E-state index < -0.39 is 0 Å². The van der Waals surface area contributed by atoms with Crippen LogP contribution in [0.25, 0.3) is 0 Å². The van der Waals surface area contributed by atoms with Crippen LogP contribution in [0.3, 0.4) is 0 Å². The van der Waals surface area contributed by atoms with Crippen molar-refractivity contribution in [3.8, 4) is 0 Å². The number of nitrogens with one attached hydrogen (secondary N) is 1. The van der Waals surface area contributed by atoms with Gasteiger partial charge in [0.05, 0.1) is 0 Å². The smallest absolute Gasteiger partial charge is 0.0208 e. The van der Waals surface area contributed by atoms with Gasteiger partial charge in [-0.25, -0.2) is 0 Å². The minimum atomic E-state index is 0.785. The Hall–Kier alpha value is -0.820. The van der Waals surface area contributed by atoms with Crippen LogP contribution >= 0.6 is 0 Å². The van der Waals surface area contributed by atoms with Gasteiger partial charge in [0.2, 0.25) is 0 Å². The third kappa shape index (κ3) is 3.08. The molecular formula is C15H23N. The molecule has 1 aliphatic carbocycles. The SMILES string of the molecule is CCC(C)CNCc1ccccc1C1CC1. The second-order valence-electron chi connectivity index (χ2n) is 5.12. The van der Waals surface area contributed by atoms with Crippen LogP contribution in [0.1, 0.15) is 50.2 Å². The number of hydrogen-bond acceptors (Lipinski definition) is 1. The maximum Gasteiger partial charge on any atom is 0.0208 e. The summed E-state index contributed by atoms with van der Waals surface area (Å²) in [5.41, 5.74) is 3.09. The Labute approximate surface area is 99.3 Å². The van der Waals surface area contributed by atoms with E-state index in [1.165, 1.54) is 24.8 Å². The largest absolute Gasteiger partial charge is 0.312 e. The molecule has 16 heavy (non-hydrogen) atoms. The van der Waals surface area contributed by atoms with Crippen LogP contribution < -0.4 is 5.32 Å². The quantitative estimate of drug-likeness (QED) is 0.766. The highest BCUT2D eigenvalue weighted by Gasteiger charge is 2.25. The Balaban J connectivity index is 1.88. The lowest BCUT2D eigenvalue weighted by Gasteiger charge is -2.12. The fourth-order valence-electron chi connectivity index (χ4n) is 2.09. The van der Waals surface area contributed by atoms with Gasteiger partial charge in [0.25, 0.3) is 0 Å². The molecule has 1 saturated carbocycles. The summed E-state index contributed by atoms with van der Waals surface area (Å²) in [4.78, 5) is 0. The predicted molar refractivity (Wildman–Crippen MR) is 69.6 cm³/mol. The zero-order valence-corrected chi connectivity index (χ0v) is 10.5. The molecule has 1 nitrogen and oxygen atoms in total. The maximum atomic E-state index is 3.58. The summed E-state index contributed by atoms with van der Waals surface area (Å²) >= 11 is 0. The molecular weight excluding hydrogens is 194 g/mol. The van der Waals surface area contributed by atoms with Crippen molar-refractivity contribution in [3.63, 3.8) is 0 Å². The number of hydrogen-bond donors (Lipinski definition) is 1. The Kier molecular flexibility index (Phi) is 4.00. The molecule has 1 heteroatoms. The second kappa shape index (κ2) is 5.49. The lowest BCUT2D eigenvalue weighted by Crippen LogP contribution is -2.20. The summed E-state index contributed by atoms with van der Waals surface area (Å²) in [7, 11) is 0. The first-order chi connectivity index (χ1) is 7.81. The van der Waals surface area contributed by atoms with Crippen LogP contribution in [-0.4, -0.2) is 6.54 Å². The monoisotopic (exact) mass is 217 g/mol. The highest BCUT2D eigenvalue weighted by molar-refractivity contribution is 5.33. The fraction of sp³-hybridized carbons (Fsp3) is 0.600. The molecule has 0 saturated heterocycles. The van der Waals surface area contributed by atoms with Crippen molar-refractivity contribution in [2.24, 2.45) is 5.92 Å². The predicted octanol–water partition coefficient (Wildman–Crippen LogP) is 3.70. The van der Waals surface area contributed by atoms with Gasteiger partial charge >= 0.3 is 0 Å². The van der Waals surface area contributed by atoms with E-state index in [9.17, 15) is 0 Å². The normalized spacial score (nSPS) is 17.4. The van der Waals surface area contributed by atoms with Gasteiger partial charge in [0, 0.05) is 6.54 Å². The molecule has 88 valence electrons. The van der Waals surface area contributed by atoms with Crippen LogP contribution in [0.4, 0.5) is 0 Å². The van der Waals surface area contributed by atoms with E-state index in [4.69, 9.17) is 0 Å². The highest BCUT2D eigenvalue weighted by Crippen LogP contribution is 2.41. The van der Waals surface area contributed by atoms with E-state index in [1.807, 2.05) is 0 Å².